The van der Waals surface area contributed by atoms with Gasteiger partial charge in [0.2, 0.25) is 11.8 Å². The standard InChI is InChI=1S/C32H30N4O4/c1-35-28-18-24(25-16-17-36(19-25)32(37)38)12-13-26(28)30(34-35)27-14-15-29(39-20-22-8-4-2-5-9-22)33-31(27)40-21-23-10-6-3-7-11-23/h2-15,18,25H,16-17,19-21H2,1H3,(H,37,38). The molecular weight excluding hydrogens is 504 g/mol. The second kappa shape index (κ2) is 11.1. The molecule has 6 rings (SSSR count). The van der Waals surface area contributed by atoms with Crippen LogP contribution in [0.4, 0.5) is 4.79 Å². The maximum absolute atomic E-state index is 11.4. The summed E-state index contributed by atoms with van der Waals surface area (Å²) >= 11 is 0. The van der Waals surface area contributed by atoms with Crippen molar-refractivity contribution >= 4 is 17.0 Å². The lowest BCUT2D eigenvalue weighted by Crippen LogP contribution is -2.26. The molecule has 0 saturated carbocycles. The molecule has 2 aromatic heterocycles. The smallest absolute Gasteiger partial charge is 0.407 e. The Kier molecular flexibility index (Phi) is 7.06. The Morgan fingerprint density at radius 2 is 1.62 bits per heavy atom. The molecule has 40 heavy (non-hydrogen) atoms. The van der Waals surface area contributed by atoms with E-state index in [1.807, 2.05) is 84.5 Å². The van der Waals surface area contributed by atoms with Crippen LogP contribution >= 0.6 is 0 Å². The highest BCUT2D eigenvalue weighted by Crippen LogP contribution is 2.37. The van der Waals surface area contributed by atoms with Crippen molar-refractivity contribution in [2.45, 2.75) is 25.6 Å². The molecule has 1 saturated heterocycles. The third kappa shape index (κ3) is 5.33. The zero-order valence-electron chi connectivity index (χ0n) is 22.2. The van der Waals surface area contributed by atoms with E-state index in [1.165, 1.54) is 4.90 Å². The van der Waals surface area contributed by atoms with Gasteiger partial charge in [0.05, 0.1) is 11.1 Å². The van der Waals surface area contributed by atoms with Crippen LogP contribution in [0.3, 0.4) is 0 Å². The van der Waals surface area contributed by atoms with E-state index in [0.29, 0.717) is 38.1 Å². The lowest BCUT2D eigenvalue weighted by molar-refractivity contribution is 0.155. The number of carboxylic acid groups (broad SMARTS) is 1. The molecule has 1 amide bonds. The highest BCUT2D eigenvalue weighted by Gasteiger charge is 2.28. The van der Waals surface area contributed by atoms with Crippen molar-refractivity contribution in [1.82, 2.24) is 19.7 Å². The highest BCUT2D eigenvalue weighted by molar-refractivity contribution is 5.95. The molecule has 5 aromatic rings. The van der Waals surface area contributed by atoms with Gasteiger partial charge in [-0.05, 0) is 35.2 Å². The van der Waals surface area contributed by atoms with Gasteiger partial charge in [0.15, 0.2) is 0 Å². The van der Waals surface area contributed by atoms with Gasteiger partial charge < -0.3 is 19.5 Å². The molecule has 8 nitrogen and oxygen atoms in total. The number of hydrogen-bond donors (Lipinski definition) is 1. The fourth-order valence-corrected chi connectivity index (χ4v) is 5.18. The normalized spacial score (nSPS) is 14.9. The summed E-state index contributed by atoms with van der Waals surface area (Å²) in [6.45, 7) is 1.83. The summed E-state index contributed by atoms with van der Waals surface area (Å²) in [6, 6.07) is 30.0. The van der Waals surface area contributed by atoms with E-state index in [9.17, 15) is 9.90 Å². The Bertz CT molecular complexity index is 1640. The third-order valence-corrected chi connectivity index (χ3v) is 7.34. The van der Waals surface area contributed by atoms with Crippen molar-refractivity contribution in [1.29, 1.82) is 0 Å². The monoisotopic (exact) mass is 534 g/mol. The fourth-order valence-electron chi connectivity index (χ4n) is 5.18. The molecule has 0 radical (unpaired) electrons. The van der Waals surface area contributed by atoms with E-state index in [2.05, 4.69) is 18.2 Å². The summed E-state index contributed by atoms with van der Waals surface area (Å²) in [7, 11) is 1.92. The minimum absolute atomic E-state index is 0.173. The van der Waals surface area contributed by atoms with Gasteiger partial charge in [-0.2, -0.15) is 10.1 Å². The van der Waals surface area contributed by atoms with Gasteiger partial charge in [0.25, 0.3) is 0 Å². The second-order valence-corrected chi connectivity index (χ2v) is 10.0. The number of likely N-dealkylation sites (tertiary alicyclic amines) is 1. The minimum Gasteiger partial charge on any atom is -0.473 e. The Morgan fingerprint density at radius 3 is 2.30 bits per heavy atom. The maximum atomic E-state index is 11.4. The molecule has 8 heteroatoms. The van der Waals surface area contributed by atoms with Gasteiger partial charge in [-0.3, -0.25) is 4.68 Å². The number of aryl methyl sites for hydroxylation is 1. The van der Waals surface area contributed by atoms with Gasteiger partial charge in [0.1, 0.15) is 18.9 Å². The van der Waals surface area contributed by atoms with Crippen LogP contribution in [-0.4, -0.2) is 44.0 Å². The largest absolute Gasteiger partial charge is 0.473 e. The number of rotatable bonds is 8. The van der Waals surface area contributed by atoms with Crippen LogP contribution in [0.25, 0.3) is 22.2 Å². The number of ether oxygens (including phenoxy) is 2. The lowest BCUT2D eigenvalue weighted by atomic mass is 9.96. The number of aromatic nitrogens is 3. The molecule has 1 unspecified atom stereocenters. The number of hydrogen-bond acceptors (Lipinski definition) is 5. The SMILES string of the molecule is Cn1nc(-c2ccc(OCc3ccccc3)nc2OCc2ccccc2)c2ccc(C3CCN(C(=O)O)C3)cc21. The molecule has 3 heterocycles. The van der Waals surface area contributed by atoms with E-state index in [4.69, 9.17) is 19.6 Å². The molecule has 1 fully saturated rings. The summed E-state index contributed by atoms with van der Waals surface area (Å²) in [4.78, 5) is 17.6. The van der Waals surface area contributed by atoms with Gasteiger partial charge in [0, 0.05) is 37.5 Å². The van der Waals surface area contributed by atoms with E-state index in [-0.39, 0.29) is 5.92 Å². The molecule has 1 atom stereocenters. The Labute approximate surface area is 232 Å². The predicted molar refractivity (Wildman–Crippen MR) is 152 cm³/mol. The molecule has 1 N–H and O–H groups in total. The van der Waals surface area contributed by atoms with Crippen molar-refractivity contribution in [2.24, 2.45) is 7.05 Å². The predicted octanol–water partition coefficient (Wildman–Crippen LogP) is 6.26. The Balaban J connectivity index is 1.32. The van der Waals surface area contributed by atoms with Crippen molar-refractivity contribution in [3.8, 4) is 23.0 Å². The van der Waals surface area contributed by atoms with Crippen LogP contribution in [-0.2, 0) is 20.3 Å². The lowest BCUT2D eigenvalue weighted by Gasteiger charge is -2.13. The van der Waals surface area contributed by atoms with E-state index >= 15 is 0 Å². The van der Waals surface area contributed by atoms with E-state index < -0.39 is 6.09 Å². The Hall–Kier alpha value is -4.85. The summed E-state index contributed by atoms with van der Waals surface area (Å²) in [5.74, 6) is 1.10. The number of pyridine rings is 1. The van der Waals surface area contributed by atoms with Crippen molar-refractivity contribution in [3.63, 3.8) is 0 Å². The average Bonchev–Trinajstić information content (AvgIpc) is 3.61. The second-order valence-electron chi connectivity index (χ2n) is 10.0. The van der Waals surface area contributed by atoms with Crippen LogP contribution in [0.2, 0.25) is 0 Å². The molecule has 1 aliphatic heterocycles. The number of carbonyl (C=O) groups is 1. The van der Waals surface area contributed by atoms with Gasteiger partial charge >= 0.3 is 6.09 Å². The average molecular weight is 535 g/mol. The zero-order valence-corrected chi connectivity index (χ0v) is 22.2. The van der Waals surface area contributed by atoms with Crippen LogP contribution < -0.4 is 9.47 Å². The molecule has 1 aliphatic rings. The van der Waals surface area contributed by atoms with Crippen molar-refractivity contribution < 1.29 is 19.4 Å². The van der Waals surface area contributed by atoms with Gasteiger partial charge in [-0.25, -0.2) is 4.79 Å². The van der Waals surface area contributed by atoms with Crippen molar-refractivity contribution in [2.75, 3.05) is 13.1 Å². The summed E-state index contributed by atoms with van der Waals surface area (Å²) in [5.41, 5.74) is 5.73. The number of amides is 1. The topological polar surface area (TPSA) is 89.7 Å². The first kappa shape index (κ1) is 25.4. The molecule has 3 aromatic carbocycles. The molecule has 0 aliphatic carbocycles. The summed E-state index contributed by atoms with van der Waals surface area (Å²) in [5, 5.41) is 15.2. The van der Waals surface area contributed by atoms with Crippen molar-refractivity contribution in [3.05, 3.63) is 108 Å². The number of nitrogens with zero attached hydrogens (tertiary/aromatic N) is 4. The van der Waals surface area contributed by atoms with Crippen LogP contribution in [0.15, 0.2) is 91.0 Å². The van der Waals surface area contributed by atoms with E-state index in [1.54, 1.807) is 0 Å². The number of fused-ring (bicyclic) bond motifs is 1. The summed E-state index contributed by atoms with van der Waals surface area (Å²) < 4.78 is 14.1. The zero-order chi connectivity index (χ0) is 27.5. The minimum atomic E-state index is -0.863. The quantitative estimate of drug-likeness (QED) is 0.253. The van der Waals surface area contributed by atoms with Crippen LogP contribution in [0.5, 0.6) is 11.8 Å². The first-order valence-corrected chi connectivity index (χ1v) is 13.3. The van der Waals surface area contributed by atoms with Crippen LogP contribution in [0, 0.1) is 0 Å². The molecule has 202 valence electrons. The van der Waals surface area contributed by atoms with Crippen LogP contribution in [0.1, 0.15) is 29.0 Å². The maximum Gasteiger partial charge on any atom is 0.407 e. The molecular formula is C32H30N4O4. The van der Waals surface area contributed by atoms with Gasteiger partial charge in [-0.1, -0.05) is 72.8 Å². The Morgan fingerprint density at radius 1 is 0.925 bits per heavy atom. The highest BCUT2D eigenvalue weighted by atomic mass is 16.5. The number of benzene rings is 3. The fraction of sp³-hybridized carbons (Fsp3) is 0.219. The molecule has 0 spiro atoms. The first-order chi connectivity index (χ1) is 19.5. The van der Waals surface area contributed by atoms with E-state index in [0.717, 1.165) is 45.3 Å². The third-order valence-electron chi connectivity index (χ3n) is 7.34. The van der Waals surface area contributed by atoms with Gasteiger partial charge in [-0.15, -0.1) is 0 Å². The first-order valence-electron chi connectivity index (χ1n) is 13.3. The molecule has 0 bridgehead atoms. The summed E-state index contributed by atoms with van der Waals surface area (Å²) in [6.07, 6.45) is -0.0490.